The molecule has 0 fully saturated rings. The highest BCUT2D eigenvalue weighted by molar-refractivity contribution is 5.92. The smallest absolute Gasteiger partial charge is 0.339 e. The van der Waals surface area contributed by atoms with Crippen LogP contribution in [0.5, 0.6) is 11.5 Å². The van der Waals surface area contributed by atoms with Gasteiger partial charge in [0.25, 0.3) is 6.43 Å². The molecule has 0 heterocycles. The van der Waals surface area contributed by atoms with E-state index in [1.165, 1.54) is 7.11 Å². The van der Waals surface area contributed by atoms with Crippen LogP contribution in [0.2, 0.25) is 0 Å². The molecule has 0 amide bonds. The molecule has 0 aliphatic rings. The van der Waals surface area contributed by atoms with Gasteiger partial charge in [0.15, 0.2) is 0 Å². The lowest BCUT2D eigenvalue weighted by Crippen LogP contribution is -2.04. The number of halogens is 2. The molecule has 0 saturated heterocycles. The number of hydrogen-bond donors (Lipinski definition) is 1. The number of carbonyl (C=O) groups is 1. The molecule has 0 aliphatic heterocycles. The van der Waals surface area contributed by atoms with Crippen LogP contribution < -0.4 is 9.47 Å². The van der Waals surface area contributed by atoms with E-state index in [9.17, 15) is 13.6 Å². The highest BCUT2D eigenvalue weighted by Crippen LogP contribution is 2.35. The van der Waals surface area contributed by atoms with E-state index in [-0.39, 0.29) is 17.1 Å². The van der Waals surface area contributed by atoms with Gasteiger partial charge in [-0.1, -0.05) is 0 Å². The minimum absolute atomic E-state index is 0.0495. The summed E-state index contributed by atoms with van der Waals surface area (Å²) >= 11 is 0. The van der Waals surface area contributed by atoms with E-state index in [1.54, 1.807) is 0 Å². The third-order valence-electron chi connectivity index (χ3n) is 2.00. The molecule has 0 aromatic heterocycles. The molecule has 88 valence electrons. The standard InChI is InChI=1S/C10H10F2O4/c1-15-5-3-6(9(11)12)8(16-2)7(4-5)10(13)14/h3-4,9H,1-2H3,(H,13,14). The zero-order valence-electron chi connectivity index (χ0n) is 8.66. The second-order valence-corrected chi connectivity index (χ2v) is 2.90. The van der Waals surface area contributed by atoms with Crippen molar-refractivity contribution in [1.82, 2.24) is 0 Å². The second-order valence-electron chi connectivity index (χ2n) is 2.90. The largest absolute Gasteiger partial charge is 0.497 e. The number of methoxy groups -OCH3 is 2. The number of rotatable bonds is 4. The van der Waals surface area contributed by atoms with Gasteiger partial charge >= 0.3 is 5.97 Å². The lowest BCUT2D eigenvalue weighted by Gasteiger charge is -2.12. The molecular weight excluding hydrogens is 222 g/mol. The molecule has 0 aliphatic carbocycles. The quantitative estimate of drug-likeness (QED) is 0.865. The van der Waals surface area contributed by atoms with Crippen LogP contribution in [0.25, 0.3) is 0 Å². The van der Waals surface area contributed by atoms with Gasteiger partial charge in [-0.2, -0.15) is 0 Å². The summed E-state index contributed by atoms with van der Waals surface area (Å²) in [6, 6.07) is 2.18. The molecule has 0 spiro atoms. The van der Waals surface area contributed by atoms with Gasteiger partial charge in [0.05, 0.1) is 19.8 Å². The average molecular weight is 232 g/mol. The maximum Gasteiger partial charge on any atom is 0.339 e. The van der Waals surface area contributed by atoms with Gasteiger partial charge in [0, 0.05) is 0 Å². The highest BCUT2D eigenvalue weighted by atomic mass is 19.3. The Morgan fingerprint density at radius 2 is 1.94 bits per heavy atom. The topological polar surface area (TPSA) is 55.8 Å². The Labute approximate surface area is 90.4 Å². The first-order chi connectivity index (χ1) is 7.51. The molecule has 0 radical (unpaired) electrons. The molecule has 0 unspecified atom stereocenters. The molecule has 1 aromatic carbocycles. The van der Waals surface area contributed by atoms with Crippen molar-refractivity contribution in [2.24, 2.45) is 0 Å². The molecule has 1 N–H and O–H groups in total. The van der Waals surface area contributed by atoms with Crippen molar-refractivity contribution in [2.45, 2.75) is 6.43 Å². The lowest BCUT2D eigenvalue weighted by atomic mass is 10.1. The third kappa shape index (κ3) is 2.21. The van der Waals surface area contributed by atoms with Gasteiger partial charge in [-0.3, -0.25) is 0 Å². The summed E-state index contributed by atoms with van der Waals surface area (Å²) in [6.07, 6.45) is -2.83. The Balaban J connectivity index is 3.46. The predicted molar refractivity (Wildman–Crippen MR) is 51.5 cm³/mol. The Hall–Kier alpha value is -1.85. The van der Waals surface area contributed by atoms with E-state index in [4.69, 9.17) is 9.84 Å². The molecule has 1 aromatic rings. The fourth-order valence-electron chi connectivity index (χ4n) is 1.29. The number of ether oxygens (including phenoxy) is 2. The number of alkyl halides is 2. The number of carboxylic acids is 1. The van der Waals surface area contributed by atoms with Crippen LogP contribution in [0.1, 0.15) is 22.3 Å². The van der Waals surface area contributed by atoms with Gasteiger partial charge in [-0.05, 0) is 12.1 Å². The van der Waals surface area contributed by atoms with Crippen LogP contribution in [0.15, 0.2) is 12.1 Å². The molecule has 0 bridgehead atoms. The number of aromatic carboxylic acids is 1. The zero-order valence-corrected chi connectivity index (χ0v) is 8.66. The number of hydrogen-bond acceptors (Lipinski definition) is 3. The van der Waals surface area contributed by atoms with E-state index < -0.39 is 18.0 Å². The van der Waals surface area contributed by atoms with Gasteiger partial charge in [-0.15, -0.1) is 0 Å². The van der Waals surface area contributed by atoms with Gasteiger partial charge in [-0.25, -0.2) is 13.6 Å². The van der Waals surface area contributed by atoms with Crippen LogP contribution in [0.3, 0.4) is 0 Å². The van der Waals surface area contributed by atoms with Crippen LogP contribution in [0, 0.1) is 0 Å². The zero-order chi connectivity index (χ0) is 12.3. The van der Waals surface area contributed by atoms with Crippen LogP contribution in [-0.2, 0) is 0 Å². The minimum atomic E-state index is -2.83. The summed E-state index contributed by atoms with van der Waals surface area (Å²) in [6.45, 7) is 0. The van der Waals surface area contributed by atoms with Crippen molar-refractivity contribution in [2.75, 3.05) is 14.2 Å². The Morgan fingerprint density at radius 3 is 2.31 bits per heavy atom. The van der Waals surface area contributed by atoms with Crippen molar-refractivity contribution in [3.63, 3.8) is 0 Å². The lowest BCUT2D eigenvalue weighted by molar-refractivity contribution is 0.0691. The molecule has 4 nitrogen and oxygen atoms in total. The van der Waals surface area contributed by atoms with Crippen molar-refractivity contribution < 1.29 is 28.2 Å². The molecular formula is C10H10F2O4. The van der Waals surface area contributed by atoms with Crippen LogP contribution in [0.4, 0.5) is 8.78 Å². The van der Waals surface area contributed by atoms with E-state index in [1.807, 2.05) is 0 Å². The summed E-state index contributed by atoms with van der Waals surface area (Å²) in [5.74, 6) is -1.64. The maximum absolute atomic E-state index is 12.6. The monoisotopic (exact) mass is 232 g/mol. The maximum atomic E-state index is 12.6. The second kappa shape index (κ2) is 4.78. The predicted octanol–water partition coefficient (Wildman–Crippen LogP) is 2.34. The van der Waals surface area contributed by atoms with Crippen molar-refractivity contribution >= 4 is 5.97 Å². The van der Waals surface area contributed by atoms with Crippen molar-refractivity contribution in [1.29, 1.82) is 0 Å². The van der Waals surface area contributed by atoms with E-state index in [0.29, 0.717) is 0 Å². The third-order valence-corrected chi connectivity index (χ3v) is 2.00. The molecule has 16 heavy (non-hydrogen) atoms. The SMILES string of the molecule is COc1cc(C(=O)O)c(OC)c(C(F)F)c1. The summed E-state index contributed by atoms with van der Waals surface area (Å²) < 4.78 is 34.7. The fourth-order valence-corrected chi connectivity index (χ4v) is 1.29. The summed E-state index contributed by atoms with van der Waals surface area (Å²) in [7, 11) is 2.41. The number of carboxylic acid groups (broad SMARTS) is 1. The first kappa shape index (κ1) is 12.2. The van der Waals surface area contributed by atoms with Crippen molar-refractivity contribution in [3.05, 3.63) is 23.3 Å². The van der Waals surface area contributed by atoms with Crippen molar-refractivity contribution in [3.8, 4) is 11.5 Å². The Kier molecular flexibility index (Phi) is 3.65. The van der Waals surface area contributed by atoms with Crippen LogP contribution in [-0.4, -0.2) is 25.3 Å². The first-order valence-corrected chi connectivity index (χ1v) is 4.28. The number of benzene rings is 1. The highest BCUT2D eigenvalue weighted by Gasteiger charge is 2.22. The molecule has 0 saturated carbocycles. The Bertz CT molecular complexity index is 404. The minimum Gasteiger partial charge on any atom is -0.497 e. The molecule has 0 atom stereocenters. The summed E-state index contributed by atoms with van der Waals surface area (Å²) in [5.41, 5.74) is -0.851. The van der Waals surface area contributed by atoms with Gasteiger partial charge in [0.2, 0.25) is 0 Å². The Morgan fingerprint density at radius 1 is 1.31 bits per heavy atom. The summed E-state index contributed by atoms with van der Waals surface area (Å²) in [4.78, 5) is 10.8. The first-order valence-electron chi connectivity index (χ1n) is 4.28. The van der Waals surface area contributed by atoms with Crippen LogP contribution >= 0.6 is 0 Å². The summed E-state index contributed by atoms with van der Waals surface area (Å²) in [5, 5.41) is 8.84. The van der Waals surface area contributed by atoms with Gasteiger partial charge < -0.3 is 14.6 Å². The average Bonchev–Trinajstić information content (AvgIpc) is 2.26. The fraction of sp³-hybridized carbons (Fsp3) is 0.300. The van der Waals surface area contributed by atoms with Gasteiger partial charge in [0.1, 0.15) is 17.1 Å². The van der Waals surface area contributed by atoms with E-state index in [0.717, 1.165) is 19.2 Å². The normalized spacial score (nSPS) is 10.3. The van der Waals surface area contributed by atoms with E-state index >= 15 is 0 Å². The molecule has 1 rings (SSSR count). The van der Waals surface area contributed by atoms with E-state index in [2.05, 4.69) is 4.74 Å². The molecule has 6 heteroatoms.